The van der Waals surface area contributed by atoms with E-state index in [1.165, 1.54) is 5.56 Å². The quantitative estimate of drug-likeness (QED) is 0.730. The van der Waals surface area contributed by atoms with Crippen molar-refractivity contribution in [1.82, 2.24) is 20.3 Å². The van der Waals surface area contributed by atoms with Gasteiger partial charge < -0.3 is 19.6 Å². The Labute approximate surface area is 202 Å². The number of carbonyl (C=O) groups excluding carboxylic acids is 2. The third-order valence-corrected chi connectivity index (χ3v) is 7.35. The molecule has 0 radical (unpaired) electrons. The van der Waals surface area contributed by atoms with Crippen LogP contribution in [0.3, 0.4) is 0 Å². The summed E-state index contributed by atoms with van der Waals surface area (Å²) < 4.78 is 5.68. The molecule has 1 N–H and O–H groups in total. The van der Waals surface area contributed by atoms with Crippen molar-refractivity contribution in [2.24, 2.45) is 11.8 Å². The zero-order valence-electron chi connectivity index (χ0n) is 21.0. The van der Waals surface area contributed by atoms with Crippen molar-refractivity contribution in [3.63, 3.8) is 0 Å². The van der Waals surface area contributed by atoms with Gasteiger partial charge in [0.1, 0.15) is 0 Å². The first-order chi connectivity index (χ1) is 16.2. The molecule has 2 fully saturated rings. The highest BCUT2D eigenvalue weighted by Gasteiger charge is 2.31. The number of benzene rings is 1. The van der Waals surface area contributed by atoms with Gasteiger partial charge in [-0.25, -0.2) is 0 Å². The molecule has 2 unspecified atom stereocenters. The van der Waals surface area contributed by atoms with E-state index in [-0.39, 0.29) is 17.2 Å². The monoisotopic (exact) mass is 466 g/mol. The van der Waals surface area contributed by atoms with Crippen LogP contribution >= 0.6 is 0 Å². The van der Waals surface area contributed by atoms with Crippen molar-refractivity contribution in [1.29, 1.82) is 0 Å². The lowest BCUT2D eigenvalue weighted by molar-refractivity contribution is -0.139. The second kappa shape index (κ2) is 10.3. The van der Waals surface area contributed by atoms with E-state index in [1.54, 1.807) is 6.92 Å². The van der Waals surface area contributed by atoms with Crippen LogP contribution in [0.15, 0.2) is 34.9 Å². The maximum atomic E-state index is 13.0. The van der Waals surface area contributed by atoms with Gasteiger partial charge in [-0.1, -0.05) is 50.2 Å². The molecule has 2 saturated heterocycles. The van der Waals surface area contributed by atoms with Crippen LogP contribution in [0.2, 0.25) is 0 Å². The molecular weight excluding hydrogens is 428 g/mol. The first-order valence-electron chi connectivity index (χ1n) is 12.5. The maximum absolute atomic E-state index is 13.0. The van der Waals surface area contributed by atoms with E-state index >= 15 is 0 Å². The molecular formula is C27H38N4O3. The van der Waals surface area contributed by atoms with Gasteiger partial charge in [0.2, 0.25) is 11.8 Å². The fourth-order valence-electron chi connectivity index (χ4n) is 5.06. The van der Waals surface area contributed by atoms with E-state index < -0.39 is 0 Å². The van der Waals surface area contributed by atoms with E-state index in [1.807, 2.05) is 15.9 Å². The molecule has 2 aliphatic heterocycles. The smallest absolute Gasteiger partial charge is 0.222 e. The highest BCUT2D eigenvalue weighted by Crippen LogP contribution is 2.30. The summed E-state index contributed by atoms with van der Waals surface area (Å²) in [5.41, 5.74) is 3.38. The fraction of sp³-hybridized carbons (Fsp3) is 0.593. The van der Waals surface area contributed by atoms with Crippen LogP contribution < -0.4 is 5.32 Å². The van der Waals surface area contributed by atoms with E-state index in [9.17, 15) is 9.59 Å². The molecule has 4 rings (SSSR count). The van der Waals surface area contributed by atoms with Crippen LogP contribution in [0.1, 0.15) is 51.8 Å². The Hall–Kier alpha value is -2.67. The fourth-order valence-corrected chi connectivity index (χ4v) is 5.06. The molecule has 0 spiro atoms. The molecule has 0 bridgehead atoms. The van der Waals surface area contributed by atoms with Gasteiger partial charge >= 0.3 is 0 Å². The molecule has 184 valence electrons. The molecule has 0 aliphatic carbocycles. The average molecular weight is 467 g/mol. The van der Waals surface area contributed by atoms with Gasteiger partial charge in [-0.15, -0.1) is 0 Å². The van der Waals surface area contributed by atoms with E-state index in [0.29, 0.717) is 44.4 Å². The van der Waals surface area contributed by atoms with Gasteiger partial charge in [0.05, 0.1) is 5.69 Å². The second-order valence-electron chi connectivity index (χ2n) is 10.8. The number of carbonyl (C=O) groups is 2. The summed E-state index contributed by atoms with van der Waals surface area (Å²) in [6.07, 6.45) is 2.35. The Kier molecular flexibility index (Phi) is 7.41. The Morgan fingerprint density at radius 2 is 1.74 bits per heavy atom. The molecule has 2 aromatic rings. The molecule has 3 heterocycles. The molecule has 1 aromatic heterocycles. The van der Waals surface area contributed by atoms with Gasteiger partial charge in [-0.05, 0) is 48.7 Å². The van der Waals surface area contributed by atoms with Crippen molar-refractivity contribution < 1.29 is 14.1 Å². The minimum Gasteiger partial charge on any atom is -0.356 e. The van der Waals surface area contributed by atoms with Crippen LogP contribution in [0.4, 0.5) is 0 Å². The minimum atomic E-state index is 0.0858. The molecule has 1 aromatic carbocycles. The Balaban J connectivity index is 1.36. The number of hydrogen-bond donors (Lipinski definition) is 1. The number of amides is 2. The number of hydrogen-bond acceptors (Lipinski definition) is 5. The summed E-state index contributed by atoms with van der Waals surface area (Å²) in [6.45, 7) is 12.6. The van der Waals surface area contributed by atoms with E-state index in [4.69, 9.17) is 4.52 Å². The zero-order chi connectivity index (χ0) is 24.3. The van der Waals surface area contributed by atoms with Gasteiger partial charge in [-0.2, -0.15) is 0 Å². The lowest BCUT2D eigenvalue weighted by atomic mass is 9.81. The summed E-state index contributed by atoms with van der Waals surface area (Å²) in [4.78, 5) is 28.3. The SMILES string of the molecule is CC(=O)N1CCN(C(=O)CC2CCNCC2Cc2cc(-c3ccc(C(C)(C)C)cc3)on2)CC1. The normalized spacial score (nSPS) is 21.5. The lowest BCUT2D eigenvalue weighted by Crippen LogP contribution is -2.51. The standard InChI is InChI=1S/C27H38N4O3/c1-19(32)30-11-13-31(14-12-30)26(33)16-21-9-10-28-18-22(21)15-24-17-25(34-29-24)20-5-7-23(8-6-20)27(2,3)4/h5-8,17,21-22,28H,9-16,18H2,1-4H3. The number of aromatic nitrogens is 1. The lowest BCUT2D eigenvalue weighted by Gasteiger charge is -2.37. The predicted octanol–water partition coefficient (Wildman–Crippen LogP) is 3.49. The number of piperazine rings is 1. The van der Waals surface area contributed by atoms with Gasteiger partial charge in [0.15, 0.2) is 5.76 Å². The third-order valence-electron chi connectivity index (χ3n) is 7.35. The van der Waals surface area contributed by atoms with Crippen LogP contribution in [0.5, 0.6) is 0 Å². The zero-order valence-corrected chi connectivity index (χ0v) is 21.0. The predicted molar refractivity (Wildman–Crippen MR) is 132 cm³/mol. The third kappa shape index (κ3) is 5.87. The summed E-state index contributed by atoms with van der Waals surface area (Å²) in [7, 11) is 0. The van der Waals surface area contributed by atoms with Crippen LogP contribution in [0.25, 0.3) is 11.3 Å². The molecule has 7 heteroatoms. The maximum Gasteiger partial charge on any atom is 0.222 e. The van der Waals surface area contributed by atoms with Crippen molar-refractivity contribution in [3.05, 3.63) is 41.6 Å². The Morgan fingerprint density at radius 1 is 1.06 bits per heavy atom. The van der Waals surface area contributed by atoms with Crippen molar-refractivity contribution in [3.8, 4) is 11.3 Å². The summed E-state index contributed by atoms with van der Waals surface area (Å²) >= 11 is 0. The Bertz CT molecular complexity index is 984. The number of nitrogens with zero attached hydrogens (tertiary/aromatic N) is 3. The highest BCUT2D eigenvalue weighted by atomic mass is 16.5. The summed E-state index contributed by atoms with van der Waals surface area (Å²) in [5, 5.41) is 7.84. The molecule has 34 heavy (non-hydrogen) atoms. The molecule has 7 nitrogen and oxygen atoms in total. The molecule has 2 atom stereocenters. The van der Waals surface area contributed by atoms with Gasteiger partial charge in [0.25, 0.3) is 0 Å². The van der Waals surface area contributed by atoms with Crippen molar-refractivity contribution in [2.75, 3.05) is 39.3 Å². The van der Waals surface area contributed by atoms with Gasteiger partial charge in [-0.3, -0.25) is 9.59 Å². The molecule has 2 amide bonds. The summed E-state index contributed by atoms with van der Waals surface area (Å²) in [6, 6.07) is 10.5. The van der Waals surface area contributed by atoms with Crippen molar-refractivity contribution in [2.45, 2.75) is 52.4 Å². The van der Waals surface area contributed by atoms with E-state index in [0.717, 1.165) is 42.9 Å². The number of piperidine rings is 1. The first kappa shape index (κ1) is 24.5. The first-order valence-corrected chi connectivity index (χ1v) is 12.5. The van der Waals surface area contributed by atoms with E-state index in [2.05, 4.69) is 55.5 Å². The average Bonchev–Trinajstić information content (AvgIpc) is 3.28. The number of rotatable bonds is 5. The summed E-state index contributed by atoms with van der Waals surface area (Å²) in [5.74, 6) is 1.75. The van der Waals surface area contributed by atoms with Crippen LogP contribution in [-0.2, 0) is 21.4 Å². The van der Waals surface area contributed by atoms with Crippen molar-refractivity contribution >= 4 is 11.8 Å². The van der Waals surface area contributed by atoms with Crippen LogP contribution in [-0.4, -0.2) is 66.0 Å². The Morgan fingerprint density at radius 3 is 2.38 bits per heavy atom. The second-order valence-corrected chi connectivity index (χ2v) is 10.8. The number of nitrogens with one attached hydrogen (secondary N) is 1. The van der Waals surface area contributed by atoms with Gasteiger partial charge in [0, 0.05) is 51.2 Å². The highest BCUT2D eigenvalue weighted by molar-refractivity contribution is 5.77. The topological polar surface area (TPSA) is 78.7 Å². The molecule has 2 aliphatic rings. The molecule has 0 saturated carbocycles. The van der Waals surface area contributed by atoms with Crippen LogP contribution in [0, 0.1) is 11.8 Å². The largest absolute Gasteiger partial charge is 0.356 e. The minimum absolute atomic E-state index is 0.0858.